The molecule has 0 amide bonds. The van der Waals surface area contributed by atoms with E-state index in [1.165, 1.54) is 4.52 Å². The fraction of sp³-hybridized carbons (Fsp3) is 0.294. The Balaban J connectivity index is 2.08. The molecular formula is C17H19N7. The Morgan fingerprint density at radius 2 is 2.00 bits per heavy atom. The zero-order valence-corrected chi connectivity index (χ0v) is 14.1. The summed E-state index contributed by atoms with van der Waals surface area (Å²) < 4.78 is 1.52. The van der Waals surface area contributed by atoms with Crippen LogP contribution in [0.5, 0.6) is 0 Å². The van der Waals surface area contributed by atoms with E-state index < -0.39 is 0 Å². The maximum absolute atomic E-state index is 9.50. The number of anilines is 2. The monoisotopic (exact) mass is 321 g/mol. The lowest BCUT2D eigenvalue weighted by Gasteiger charge is -2.16. The number of aromatic nitrogens is 4. The molecule has 0 aromatic carbocycles. The first-order chi connectivity index (χ1) is 11.4. The van der Waals surface area contributed by atoms with Crippen molar-refractivity contribution >= 4 is 17.3 Å². The van der Waals surface area contributed by atoms with Gasteiger partial charge in [-0.2, -0.15) is 14.9 Å². The van der Waals surface area contributed by atoms with E-state index in [9.17, 15) is 5.26 Å². The Bertz CT molecular complexity index is 965. The lowest BCUT2D eigenvalue weighted by Crippen LogP contribution is -2.14. The molecule has 3 N–H and O–H groups in total. The van der Waals surface area contributed by atoms with Crippen LogP contribution in [-0.4, -0.2) is 19.6 Å². The number of nitrogens with two attached hydrogens (primary N) is 1. The van der Waals surface area contributed by atoms with Crippen LogP contribution in [0.1, 0.15) is 41.2 Å². The van der Waals surface area contributed by atoms with E-state index in [0.717, 1.165) is 22.6 Å². The van der Waals surface area contributed by atoms with Crippen molar-refractivity contribution in [3.63, 3.8) is 0 Å². The molecule has 0 aliphatic carbocycles. The van der Waals surface area contributed by atoms with Gasteiger partial charge in [-0.3, -0.25) is 4.98 Å². The number of pyridine rings is 1. The number of fused-ring (bicyclic) bond motifs is 1. The number of hydrogen-bond donors (Lipinski definition) is 2. The molecule has 122 valence electrons. The molecule has 3 aromatic rings. The van der Waals surface area contributed by atoms with Gasteiger partial charge in [0, 0.05) is 11.3 Å². The normalized spacial score (nSPS) is 12.1. The molecule has 1 unspecified atom stereocenters. The van der Waals surface area contributed by atoms with Crippen LogP contribution in [0.15, 0.2) is 18.2 Å². The summed E-state index contributed by atoms with van der Waals surface area (Å²) in [6.07, 6.45) is 0. The number of nitrogens with one attached hydrogen (secondary N) is 1. The van der Waals surface area contributed by atoms with E-state index in [-0.39, 0.29) is 17.4 Å². The maximum atomic E-state index is 9.50. The summed E-state index contributed by atoms with van der Waals surface area (Å²) in [7, 11) is 0. The van der Waals surface area contributed by atoms with E-state index in [1.54, 1.807) is 0 Å². The molecule has 3 aromatic heterocycles. The van der Waals surface area contributed by atoms with Crippen LogP contribution < -0.4 is 11.1 Å². The molecule has 7 heteroatoms. The highest BCUT2D eigenvalue weighted by Gasteiger charge is 2.19. The molecule has 0 aliphatic heterocycles. The van der Waals surface area contributed by atoms with Crippen LogP contribution >= 0.6 is 0 Å². The Kier molecular flexibility index (Phi) is 3.81. The van der Waals surface area contributed by atoms with Gasteiger partial charge in [0.2, 0.25) is 0 Å². The van der Waals surface area contributed by atoms with Gasteiger partial charge in [-0.1, -0.05) is 6.07 Å². The van der Waals surface area contributed by atoms with E-state index in [4.69, 9.17) is 5.73 Å². The van der Waals surface area contributed by atoms with Crippen LogP contribution in [0.4, 0.5) is 11.6 Å². The van der Waals surface area contributed by atoms with E-state index in [1.807, 2.05) is 45.9 Å². The van der Waals surface area contributed by atoms with Crippen LogP contribution in [0, 0.1) is 32.1 Å². The largest absolute Gasteiger partial charge is 0.382 e. The standard InChI is InChI=1S/C17H19N7/c1-9-6-5-7-14(20-9)12(4)21-16-13(8-18)15(19)24-17(22-16)10(2)11(3)23-24/h5-7,12H,19H2,1-4H3,(H,21,22). The van der Waals surface area contributed by atoms with Crippen molar-refractivity contribution in [2.75, 3.05) is 11.1 Å². The van der Waals surface area contributed by atoms with Crippen molar-refractivity contribution in [2.45, 2.75) is 33.7 Å². The molecule has 0 saturated heterocycles. The third-order valence-electron chi connectivity index (χ3n) is 4.09. The fourth-order valence-electron chi connectivity index (χ4n) is 2.58. The van der Waals surface area contributed by atoms with Crippen molar-refractivity contribution in [1.29, 1.82) is 5.26 Å². The van der Waals surface area contributed by atoms with Gasteiger partial charge < -0.3 is 11.1 Å². The van der Waals surface area contributed by atoms with Crippen LogP contribution in [0.2, 0.25) is 0 Å². The summed E-state index contributed by atoms with van der Waals surface area (Å²) >= 11 is 0. The number of nitrogen functional groups attached to an aromatic ring is 1. The zero-order chi connectivity index (χ0) is 17.4. The molecule has 0 fully saturated rings. The summed E-state index contributed by atoms with van der Waals surface area (Å²) in [5, 5.41) is 17.1. The quantitative estimate of drug-likeness (QED) is 0.768. The predicted molar refractivity (Wildman–Crippen MR) is 92.6 cm³/mol. The average molecular weight is 321 g/mol. The van der Waals surface area contributed by atoms with Gasteiger partial charge >= 0.3 is 0 Å². The zero-order valence-electron chi connectivity index (χ0n) is 14.1. The molecular weight excluding hydrogens is 302 g/mol. The Hall–Kier alpha value is -3.14. The molecule has 0 saturated carbocycles. The van der Waals surface area contributed by atoms with Gasteiger partial charge in [0.15, 0.2) is 11.5 Å². The minimum atomic E-state index is -0.115. The van der Waals surface area contributed by atoms with Gasteiger partial charge in [0.25, 0.3) is 0 Å². The molecule has 0 aliphatic rings. The lowest BCUT2D eigenvalue weighted by molar-refractivity contribution is 0.821. The minimum absolute atomic E-state index is 0.115. The van der Waals surface area contributed by atoms with Crippen LogP contribution in [0.3, 0.4) is 0 Å². The summed E-state index contributed by atoms with van der Waals surface area (Å²) in [6.45, 7) is 7.74. The second-order valence-electron chi connectivity index (χ2n) is 5.85. The number of nitrogens with zero attached hydrogens (tertiary/aromatic N) is 5. The number of nitriles is 1. The SMILES string of the molecule is Cc1cccc(C(C)Nc2nc3c(C)c(C)nn3c(N)c2C#N)n1. The van der Waals surface area contributed by atoms with Crippen LogP contribution in [0.25, 0.3) is 5.65 Å². The van der Waals surface area contributed by atoms with Gasteiger partial charge in [-0.25, -0.2) is 4.98 Å². The maximum Gasteiger partial charge on any atom is 0.162 e. The summed E-state index contributed by atoms with van der Waals surface area (Å²) in [4.78, 5) is 9.08. The number of aryl methyl sites for hydroxylation is 3. The smallest absolute Gasteiger partial charge is 0.162 e. The second kappa shape index (κ2) is 5.81. The summed E-state index contributed by atoms with van der Waals surface area (Å²) in [5.74, 6) is 0.729. The van der Waals surface area contributed by atoms with Crippen molar-refractivity contribution in [1.82, 2.24) is 19.6 Å². The molecule has 24 heavy (non-hydrogen) atoms. The third kappa shape index (κ3) is 2.52. The van der Waals surface area contributed by atoms with Gasteiger partial charge in [0.1, 0.15) is 17.5 Å². The predicted octanol–water partition coefficient (Wildman–Crippen LogP) is 2.68. The highest BCUT2D eigenvalue weighted by atomic mass is 15.3. The number of rotatable bonds is 3. The first-order valence-electron chi connectivity index (χ1n) is 7.68. The third-order valence-corrected chi connectivity index (χ3v) is 4.09. The van der Waals surface area contributed by atoms with Crippen molar-refractivity contribution in [3.8, 4) is 6.07 Å². The van der Waals surface area contributed by atoms with Gasteiger partial charge in [-0.05, 0) is 39.8 Å². The topological polar surface area (TPSA) is 105 Å². The van der Waals surface area contributed by atoms with Crippen molar-refractivity contribution in [3.05, 3.63) is 46.4 Å². The van der Waals surface area contributed by atoms with Crippen molar-refractivity contribution in [2.24, 2.45) is 0 Å². The van der Waals surface area contributed by atoms with Gasteiger partial charge in [-0.15, -0.1) is 0 Å². The molecule has 0 radical (unpaired) electrons. The molecule has 0 spiro atoms. The molecule has 7 nitrogen and oxygen atoms in total. The average Bonchev–Trinajstić information content (AvgIpc) is 2.84. The van der Waals surface area contributed by atoms with Gasteiger partial charge in [0.05, 0.1) is 17.4 Å². The minimum Gasteiger partial charge on any atom is -0.382 e. The Morgan fingerprint density at radius 1 is 1.25 bits per heavy atom. The van der Waals surface area contributed by atoms with E-state index in [0.29, 0.717) is 11.5 Å². The molecule has 3 rings (SSSR count). The van der Waals surface area contributed by atoms with Crippen molar-refractivity contribution < 1.29 is 0 Å². The highest BCUT2D eigenvalue weighted by molar-refractivity contribution is 5.69. The molecule has 1 atom stereocenters. The number of hydrogen-bond acceptors (Lipinski definition) is 6. The van der Waals surface area contributed by atoms with Crippen LogP contribution in [-0.2, 0) is 0 Å². The summed E-state index contributed by atoms with van der Waals surface area (Å²) in [5.41, 5.74) is 10.7. The first kappa shape index (κ1) is 15.7. The van der Waals surface area contributed by atoms with E-state index in [2.05, 4.69) is 26.5 Å². The molecule has 0 bridgehead atoms. The Labute approximate surface area is 140 Å². The fourth-order valence-corrected chi connectivity index (χ4v) is 2.58. The lowest BCUT2D eigenvalue weighted by atomic mass is 10.2. The molecule has 3 heterocycles. The second-order valence-corrected chi connectivity index (χ2v) is 5.85. The summed E-state index contributed by atoms with van der Waals surface area (Å²) in [6, 6.07) is 7.84. The highest BCUT2D eigenvalue weighted by Crippen LogP contribution is 2.26. The Morgan fingerprint density at radius 3 is 2.67 bits per heavy atom. The first-order valence-corrected chi connectivity index (χ1v) is 7.68. The van der Waals surface area contributed by atoms with E-state index >= 15 is 0 Å².